The summed E-state index contributed by atoms with van der Waals surface area (Å²) in [6.07, 6.45) is 0.326. The number of nitrogens with zero attached hydrogens (tertiary/aromatic N) is 3. The number of carbonyl (C=O) groups is 2. The standard InChI is InChI=1S/C22H25N3O4/c1-5-25-15(3)12-18(16(25)4)19(26)13-28-21(27)11-10-20-23-22(24-29-20)17-8-6-14(2)7-9-17/h6-9,12H,5,10-11,13H2,1-4H3. The van der Waals surface area contributed by atoms with Gasteiger partial charge in [-0.2, -0.15) is 4.98 Å². The first kappa shape index (κ1) is 20.5. The highest BCUT2D eigenvalue weighted by Crippen LogP contribution is 2.18. The molecule has 0 bridgehead atoms. The van der Waals surface area contributed by atoms with E-state index in [2.05, 4.69) is 14.7 Å². The lowest BCUT2D eigenvalue weighted by Crippen LogP contribution is -2.15. The van der Waals surface area contributed by atoms with Crippen LogP contribution in [0.3, 0.4) is 0 Å². The van der Waals surface area contributed by atoms with E-state index in [1.807, 2.05) is 58.0 Å². The zero-order valence-electron chi connectivity index (χ0n) is 17.2. The molecule has 0 aliphatic rings. The zero-order chi connectivity index (χ0) is 21.0. The molecule has 0 aliphatic carbocycles. The molecule has 0 aliphatic heterocycles. The molecule has 0 unspecified atom stereocenters. The first-order valence-corrected chi connectivity index (χ1v) is 9.64. The Bertz CT molecular complexity index is 1020. The molecule has 3 aromatic rings. The fraction of sp³-hybridized carbons (Fsp3) is 0.364. The fourth-order valence-corrected chi connectivity index (χ4v) is 3.25. The van der Waals surface area contributed by atoms with Gasteiger partial charge in [-0.25, -0.2) is 0 Å². The fourth-order valence-electron chi connectivity index (χ4n) is 3.25. The number of benzene rings is 1. The number of carbonyl (C=O) groups excluding carboxylic acids is 2. The molecule has 0 radical (unpaired) electrons. The van der Waals surface area contributed by atoms with Crippen molar-refractivity contribution in [3.8, 4) is 11.4 Å². The SMILES string of the molecule is CCn1c(C)cc(C(=O)COC(=O)CCc2nc(-c3ccc(C)cc3)no2)c1C. The van der Waals surface area contributed by atoms with Crippen LogP contribution in [-0.4, -0.2) is 33.1 Å². The van der Waals surface area contributed by atoms with Crippen molar-refractivity contribution in [1.82, 2.24) is 14.7 Å². The van der Waals surface area contributed by atoms with E-state index in [9.17, 15) is 9.59 Å². The number of ketones is 1. The number of hydrogen-bond acceptors (Lipinski definition) is 6. The van der Waals surface area contributed by atoms with Crippen LogP contribution in [0, 0.1) is 20.8 Å². The molecular weight excluding hydrogens is 370 g/mol. The van der Waals surface area contributed by atoms with Crippen molar-refractivity contribution < 1.29 is 18.8 Å². The highest BCUT2D eigenvalue weighted by atomic mass is 16.5. The van der Waals surface area contributed by atoms with Crippen molar-refractivity contribution in [2.45, 2.75) is 47.1 Å². The summed E-state index contributed by atoms with van der Waals surface area (Å²) in [6.45, 7) is 8.39. The summed E-state index contributed by atoms with van der Waals surface area (Å²) in [5.41, 5.74) is 4.49. The third-order valence-corrected chi connectivity index (χ3v) is 4.88. The van der Waals surface area contributed by atoms with E-state index < -0.39 is 5.97 Å². The Morgan fingerprint density at radius 2 is 1.86 bits per heavy atom. The Kier molecular flexibility index (Phi) is 6.26. The van der Waals surface area contributed by atoms with E-state index in [0.717, 1.165) is 29.1 Å². The van der Waals surface area contributed by atoms with Gasteiger partial charge in [0.05, 0.1) is 6.42 Å². The van der Waals surface area contributed by atoms with Crippen LogP contribution in [0.25, 0.3) is 11.4 Å². The molecule has 0 spiro atoms. The molecule has 152 valence electrons. The summed E-state index contributed by atoms with van der Waals surface area (Å²) >= 11 is 0. The van der Waals surface area contributed by atoms with Gasteiger partial charge in [0.25, 0.3) is 0 Å². The van der Waals surface area contributed by atoms with Gasteiger partial charge in [0, 0.05) is 35.5 Å². The van der Waals surface area contributed by atoms with Crippen molar-refractivity contribution in [3.63, 3.8) is 0 Å². The Labute approximate surface area is 169 Å². The third kappa shape index (κ3) is 4.80. The third-order valence-electron chi connectivity index (χ3n) is 4.88. The van der Waals surface area contributed by atoms with Gasteiger partial charge in [-0.1, -0.05) is 35.0 Å². The van der Waals surface area contributed by atoms with Crippen molar-refractivity contribution in [2.75, 3.05) is 6.61 Å². The summed E-state index contributed by atoms with van der Waals surface area (Å²) in [7, 11) is 0. The lowest BCUT2D eigenvalue weighted by Gasteiger charge is -2.06. The maximum Gasteiger partial charge on any atom is 0.306 e. The summed E-state index contributed by atoms with van der Waals surface area (Å²) < 4.78 is 12.4. The number of hydrogen-bond donors (Lipinski definition) is 0. The van der Waals surface area contributed by atoms with Crippen LogP contribution in [-0.2, 0) is 22.5 Å². The lowest BCUT2D eigenvalue weighted by molar-refractivity contribution is -0.142. The van der Waals surface area contributed by atoms with Crippen LogP contribution >= 0.6 is 0 Å². The number of rotatable bonds is 8. The van der Waals surface area contributed by atoms with Crippen LogP contribution in [0.1, 0.15) is 46.5 Å². The largest absolute Gasteiger partial charge is 0.457 e. The summed E-state index contributed by atoms with van der Waals surface area (Å²) in [5.74, 6) is 0.161. The maximum absolute atomic E-state index is 12.4. The molecule has 3 rings (SSSR count). The van der Waals surface area contributed by atoms with Gasteiger partial charge < -0.3 is 13.8 Å². The van der Waals surface area contributed by atoms with E-state index in [1.54, 1.807) is 0 Å². The highest BCUT2D eigenvalue weighted by molar-refractivity contribution is 5.99. The lowest BCUT2D eigenvalue weighted by atomic mass is 10.1. The average molecular weight is 395 g/mol. The predicted molar refractivity (Wildman–Crippen MR) is 108 cm³/mol. The van der Waals surface area contributed by atoms with Gasteiger partial charge in [-0.15, -0.1) is 0 Å². The van der Waals surface area contributed by atoms with Crippen LogP contribution in [0.5, 0.6) is 0 Å². The van der Waals surface area contributed by atoms with Gasteiger partial charge in [0.2, 0.25) is 17.5 Å². The predicted octanol–water partition coefficient (Wildman–Crippen LogP) is 3.84. The molecular formula is C22H25N3O4. The number of Topliss-reactive ketones (excluding diaryl/α,β-unsaturated/α-hetero) is 1. The van der Waals surface area contributed by atoms with Crippen molar-refractivity contribution >= 4 is 11.8 Å². The van der Waals surface area contributed by atoms with Gasteiger partial charge in [-0.3, -0.25) is 9.59 Å². The molecule has 2 heterocycles. The average Bonchev–Trinajstić information content (AvgIpc) is 3.29. The van der Waals surface area contributed by atoms with Crippen LogP contribution in [0.2, 0.25) is 0 Å². The molecule has 0 saturated carbocycles. The second kappa shape index (κ2) is 8.86. The second-order valence-corrected chi connectivity index (χ2v) is 6.99. The minimum Gasteiger partial charge on any atom is -0.457 e. The quantitative estimate of drug-likeness (QED) is 0.425. The van der Waals surface area contributed by atoms with E-state index in [0.29, 0.717) is 17.3 Å². The molecule has 29 heavy (non-hydrogen) atoms. The number of aromatic nitrogens is 3. The molecule has 0 atom stereocenters. The molecule has 0 fully saturated rings. The maximum atomic E-state index is 12.4. The van der Waals surface area contributed by atoms with Crippen molar-refractivity contribution in [2.24, 2.45) is 0 Å². The van der Waals surface area contributed by atoms with Crippen LogP contribution in [0.4, 0.5) is 0 Å². The Hall–Kier alpha value is -3.22. The first-order valence-electron chi connectivity index (χ1n) is 9.64. The zero-order valence-corrected chi connectivity index (χ0v) is 17.2. The smallest absolute Gasteiger partial charge is 0.306 e. The molecule has 2 aromatic heterocycles. The van der Waals surface area contributed by atoms with Crippen molar-refractivity contribution in [3.05, 3.63) is 58.7 Å². The first-order chi connectivity index (χ1) is 13.9. The molecule has 7 nitrogen and oxygen atoms in total. The van der Waals surface area contributed by atoms with E-state index in [1.165, 1.54) is 0 Å². The monoisotopic (exact) mass is 395 g/mol. The number of esters is 1. The highest BCUT2D eigenvalue weighted by Gasteiger charge is 2.17. The molecule has 0 saturated heterocycles. The van der Waals surface area contributed by atoms with E-state index >= 15 is 0 Å². The van der Waals surface area contributed by atoms with Crippen LogP contribution in [0.15, 0.2) is 34.9 Å². The molecule has 7 heteroatoms. The summed E-state index contributed by atoms with van der Waals surface area (Å²) in [6, 6.07) is 9.61. The second-order valence-electron chi connectivity index (χ2n) is 6.99. The van der Waals surface area contributed by atoms with E-state index in [-0.39, 0.29) is 25.2 Å². The normalized spacial score (nSPS) is 10.9. The molecule has 0 N–H and O–H groups in total. The van der Waals surface area contributed by atoms with Gasteiger partial charge in [-0.05, 0) is 33.8 Å². The Morgan fingerprint density at radius 3 is 2.52 bits per heavy atom. The number of ether oxygens (including phenoxy) is 1. The minimum absolute atomic E-state index is 0.0663. The van der Waals surface area contributed by atoms with Gasteiger partial charge in [0.1, 0.15) is 0 Å². The van der Waals surface area contributed by atoms with Crippen LogP contribution < -0.4 is 0 Å². The molecule has 1 aromatic carbocycles. The Morgan fingerprint density at radius 1 is 1.14 bits per heavy atom. The Balaban J connectivity index is 1.50. The summed E-state index contributed by atoms with van der Waals surface area (Å²) in [5, 5.41) is 3.94. The minimum atomic E-state index is -0.474. The van der Waals surface area contributed by atoms with Crippen molar-refractivity contribution in [1.29, 1.82) is 0 Å². The summed E-state index contributed by atoms with van der Waals surface area (Å²) in [4.78, 5) is 28.7. The van der Waals surface area contributed by atoms with Gasteiger partial charge >= 0.3 is 5.97 Å². The van der Waals surface area contributed by atoms with E-state index in [4.69, 9.17) is 9.26 Å². The molecule has 0 amide bonds. The topological polar surface area (TPSA) is 87.2 Å². The number of aryl methyl sites for hydroxylation is 3. The van der Waals surface area contributed by atoms with Gasteiger partial charge in [0.15, 0.2) is 6.61 Å².